The van der Waals surface area contributed by atoms with Crippen LogP contribution in [0.5, 0.6) is 0 Å². The zero-order chi connectivity index (χ0) is 10.7. The van der Waals surface area contributed by atoms with E-state index in [4.69, 9.17) is 0 Å². The number of rotatable bonds is 4. The standard InChI is InChI=1S/C11H14N2OS/c1-15-6-5-13-7-9(8-14)10-3-2-4-12-11(10)13/h2-4,7,14H,5-6,8H2,1H3. The van der Waals surface area contributed by atoms with E-state index in [1.807, 2.05) is 30.1 Å². The summed E-state index contributed by atoms with van der Waals surface area (Å²) in [4.78, 5) is 4.35. The van der Waals surface area contributed by atoms with Crippen molar-refractivity contribution >= 4 is 22.8 Å². The maximum absolute atomic E-state index is 9.23. The first-order valence-electron chi connectivity index (χ1n) is 4.89. The largest absolute Gasteiger partial charge is 0.392 e. The van der Waals surface area contributed by atoms with Crippen LogP contribution in [0.3, 0.4) is 0 Å². The van der Waals surface area contributed by atoms with Crippen molar-refractivity contribution in [2.75, 3.05) is 12.0 Å². The number of aryl methyl sites for hydroxylation is 1. The van der Waals surface area contributed by atoms with E-state index in [1.165, 1.54) is 0 Å². The van der Waals surface area contributed by atoms with Crippen molar-refractivity contribution in [3.05, 3.63) is 30.1 Å². The van der Waals surface area contributed by atoms with E-state index in [9.17, 15) is 5.11 Å². The summed E-state index contributed by atoms with van der Waals surface area (Å²) >= 11 is 1.81. The summed E-state index contributed by atoms with van der Waals surface area (Å²) in [7, 11) is 0. The molecule has 0 aliphatic rings. The number of hydrogen-bond donors (Lipinski definition) is 1. The molecule has 1 N–H and O–H groups in total. The molecule has 0 bridgehead atoms. The highest BCUT2D eigenvalue weighted by molar-refractivity contribution is 7.98. The molecule has 15 heavy (non-hydrogen) atoms. The highest BCUT2D eigenvalue weighted by atomic mass is 32.2. The number of thioether (sulfide) groups is 1. The molecule has 3 nitrogen and oxygen atoms in total. The Morgan fingerprint density at radius 2 is 2.40 bits per heavy atom. The summed E-state index contributed by atoms with van der Waals surface area (Å²) in [6, 6.07) is 3.91. The van der Waals surface area contributed by atoms with E-state index in [1.54, 1.807) is 6.20 Å². The van der Waals surface area contributed by atoms with Gasteiger partial charge in [0.05, 0.1) is 6.61 Å². The molecule has 2 rings (SSSR count). The third kappa shape index (κ3) is 2.01. The molecule has 0 atom stereocenters. The van der Waals surface area contributed by atoms with Gasteiger partial charge in [0.15, 0.2) is 0 Å². The van der Waals surface area contributed by atoms with Crippen LogP contribution in [-0.4, -0.2) is 26.7 Å². The fourth-order valence-corrected chi connectivity index (χ4v) is 2.06. The van der Waals surface area contributed by atoms with Gasteiger partial charge in [-0.05, 0) is 18.4 Å². The Kier molecular flexibility index (Phi) is 3.28. The Morgan fingerprint density at radius 3 is 3.13 bits per heavy atom. The molecule has 2 aromatic heterocycles. The molecule has 0 fully saturated rings. The number of hydrogen-bond acceptors (Lipinski definition) is 3. The zero-order valence-corrected chi connectivity index (χ0v) is 9.50. The smallest absolute Gasteiger partial charge is 0.140 e. The Bertz CT molecular complexity index is 453. The minimum absolute atomic E-state index is 0.0778. The first kappa shape index (κ1) is 10.5. The van der Waals surface area contributed by atoms with E-state index in [0.29, 0.717) is 0 Å². The molecule has 0 unspecified atom stereocenters. The monoisotopic (exact) mass is 222 g/mol. The topological polar surface area (TPSA) is 38.0 Å². The third-order valence-corrected chi connectivity index (χ3v) is 3.01. The zero-order valence-electron chi connectivity index (χ0n) is 8.68. The third-order valence-electron chi connectivity index (χ3n) is 2.42. The lowest BCUT2D eigenvalue weighted by Crippen LogP contribution is -1.99. The fraction of sp³-hybridized carbons (Fsp3) is 0.364. The molecule has 0 saturated carbocycles. The van der Waals surface area contributed by atoms with Gasteiger partial charge in [0.1, 0.15) is 5.65 Å². The van der Waals surface area contributed by atoms with Crippen molar-refractivity contribution in [3.8, 4) is 0 Å². The first-order chi connectivity index (χ1) is 7.36. The van der Waals surface area contributed by atoms with E-state index in [2.05, 4.69) is 15.8 Å². The number of aliphatic hydroxyl groups excluding tert-OH is 1. The maximum Gasteiger partial charge on any atom is 0.140 e. The van der Waals surface area contributed by atoms with Crippen LogP contribution in [0, 0.1) is 0 Å². The number of pyridine rings is 1. The predicted octanol–water partition coefficient (Wildman–Crippen LogP) is 1.89. The lowest BCUT2D eigenvalue weighted by Gasteiger charge is -2.01. The van der Waals surface area contributed by atoms with E-state index < -0.39 is 0 Å². The summed E-state index contributed by atoms with van der Waals surface area (Å²) in [6.07, 6.45) is 5.87. The normalized spacial score (nSPS) is 11.1. The molecule has 0 spiro atoms. The SMILES string of the molecule is CSCCn1cc(CO)c2cccnc21. The summed E-state index contributed by atoms with van der Waals surface area (Å²) in [5.41, 5.74) is 1.93. The highest BCUT2D eigenvalue weighted by Gasteiger charge is 2.07. The molecular weight excluding hydrogens is 208 g/mol. The van der Waals surface area contributed by atoms with Crippen LogP contribution in [0.2, 0.25) is 0 Å². The molecule has 0 aromatic carbocycles. The lowest BCUT2D eigenvalue weighted by atomic mass is 10.2. The minimum atomic E-state index is 0.0778. The molecular formula is C11H14N2OS. The van der Waals surface area contributed by atoms with Crippen molar-refractivity contribution in [2.45, 2.75) is 13.2 Å². The summed E-state index contributed by atoms with van der Waals surface area (Å²) in [5.74, 6) is 1.06. The molecule has 80 valence electrons. The Hall–Kier alpha value is -1.00. The maximum atomic E-state index is 9.23. The number of aliphatic hydroxyl groups is 1. The van der Waals surface area contributed by atoms with Gasteiger partial charge in [-0.1, -0.05) is 0 Å². The van der Waals surface area contributed by atoms with Crippen LogP contribution in [0.1, 0.15) is 5.56 Å². The predicted molar refractivity (Wildman–Crippen MR) is 64.0 cm³/mol. The molecule has 0 aliphatic carbocycles. The van der Waals surface area contributed by atoms with Crippen LogP contribution in [-0.2, 0) is 13.2 Å². The van der Waals surface area contributed by atoms with Gasteiger partial charge in [0.25, 0.3) is 0 Å². The second-order valence-electron chi connectivity index (χ2n) is 3.37. The Balaban J connectivity index is 2.45. The molecule has 0 saturated heterocycles. The Labute approximate surface area is 93.1 Å². The number of fused-ring (bicyclic) bond motifs is 1. The second-order valence-corrected chi connectivity index (χ2v) is 4.36. The van der Waals surface area contributed by atoms with Crippen molar-refractivity contribution < 1.29 is 5.11 Å². The van der Waals surface area contributed by atoms with Crippen molar-refractivity contribution in [1.29, 1.82) is 0 Å². The van der Waals surface area contributed by atoms with E-state index >= 15 is 0 Å². The van der Waals surface area contributed by atoms with Gasteiger partial charge in [0.2, 0.25) is 0 Å². The Morgan fingerprint density at radius 1 is 1.53 bits per heavy atom. The van der Waals surface area contributed by atoms with Crippen LogP contribution >= 0.6 is 11.8 Å². The average molecular weight is 222 g/mol. The van der Waals surface area contributed by atoms with Crippen LogP contribution < -0.4 is 0 Å². The quantitative estimate of drug-likeness (QED) is 0.858. The van der Waals surface area contributed by atoms with Crippen molar-refractivity contribution in [1.82, 2.24) is 9.55 Å². The van der Waals surface area contributed by atoms with Crippen LogP contribution in [0.4, 0.5) is 0 Å². The van der Waals surface area contributed by atoms with Gasteiger partial charge in [0, 0.05) is 35.6 Å². The van der Waals surface area contributed by atoms with E-state index in [-0.39, 0.29) is 6.61 Å². The average Bonchev–Trinajstić information content (AvgIpc) is 2.65. The summed E-state index contributed by atoms with van der Waals surface area (Å²) < 4.78 is 2.11. The highest BCUT2D eigenvalue weighted by Crippen LogP contribution is 2.19. The molecule has 2 heterocycles. The fourth-order valence-electron chi connectivity index (χ4n) is 1.68. The molecule has 2 aromatic rings. The second kappa shape index (κ2) is 4.68. The molecule has 4 heteroatoms. The van der Waals surface area contributed by atoms with Gasteiger partial charge in [-0.2, -0.15) is 11.8 Å². The van der Waals surface area contributed by atoms with Crippen LogP contribution in [0.25, 0.3) is 11.0 Å². The van der Waals surface area contributed by atoms with Crippen molar-refractivity contribution in [2.24, 2.45) is 0 Å². The number of aromatic nitrogens is 2. The molecule has 0 aliphatic heterocycles. The van der Waals surface area contributed by atoms with Crippen molar-refractivity contribution in [3.63, 3.8) is 0 Å². The van der Waals surface area contributed by atoms with Crippen LogP contribution in [0.15, 0.2) is 24.5 Å². The summed E-state index contributed by atoms with van der Waals surface area (Å²) in [5, 5.41) is 10.3. The van der Waals surface area contributed by atoms with Gasteiger partial charge < -0.3 is 9.67 Å². The number of nitrogens with zero attached hydrogens (tertiary/aromatic N) is 2. The summed E-state index contributed by atoms with van der Waals surface area (Å²) in [6.45, 7) is 1.02. The van der Waals surface area contributed by atoms with Gasteiger partial charge in [-0.15, -0.1) is 0 Å². The first-order valence-corrected chi connectivity index (χ1v) is 6.28. The minimum Gasteiger partial charge on any atom is -0.392 e. The van der Waals surface area contributed by atoms with Gasteiger partial charge >= 0.3 is 0 Å². The van der Waals surface area contributed by atoms with E-state index in [0.717, 1.165) is 28.9 Å². The molecule has 0 amide bonds. The van der Waals surface area contributed by atoms with Gasteiger partial charge in [-0.25, -0.2) is 4.98 Å². The molecule has 0 radical (unpaired) electrons. The lowest BCUT2D eigenvalue weighted by molar-refractivity contribution is 0.283. The van der Waals surface area contributed by atoms with Gasteiger partial charge in [-0.3, -0.25) is 0 Å².